The lowest BCUT2D eigenvalue weighted by molar-refractivity contribution is -0.114. The number of carbonyl (C=O) groups excluding carboxylic acids is 2. The van der Waals surface area contributed by atoms with Crippen molar-refractivity contribution in [1.82, 2.24) is 0 Å². The largest absolute Gasteiger partial charge is 0.454 e. The molecular formula is C21H22ClN3O5. The summed E-state index contributed by atoms with van der Waals surface area (Å²) in [6, 6.07) is 8.74. The number of nitrogens with one attached hydrogen (secondary N) is 2. The van der Waals surface area contributed by atoms with Gasteiger partial charge in [0.1, 0.15) is 0 Å². The molecule has 0 spiro atoms. The Morgan fingerprint density at radius 1 is 1.07 bits per heavy atom. The number of ketones is 1. The van der Waals surface area contributed by atoms with Crippen LogP contribution in [0.5, 0.6) is 11.5 Å². The van der Waals surface area contributed by atoms with E-state index < -0.39 is 0 Å². The lowest BCUT2D eigenvalue weighted by atomic mass is 10.1. The molecule has 0 radical (unpaired) electrons. The van der Waals surface area contributed by atoms with E-state index >= 15 is 0 Å². The highest BCUT2D eigenvalue weighted by molar-refractivity contribution is 6.31. The number of amides is 1. The molecule has 2 N–H and O–H groups in total. The zero-order chi connectivity index (χ0) is 21.1. The predicted octanol–water partition coefficient (Wildman–Crippen LogP) is 3.16. The molecule has 2 aliphatic rings. The molecule has 1 fully saturated rings. The summed E-state index contributed by atoms with van der Waals surface area (Å²) in [6.07, 6.45) is 0. The number of hydrogen-bond acceptors (Lipinski definition) is 7. The maximum absolute atomic E-state index is 12.6. The zero-order valence-corrected chi connectivity index (χ0v) is 17.3. The van der Waals surface area contributed by atoms with Gasteiger partial charge in [-0.15, -0.1) is 0 Å². The lowest BCUT2D eigenvalue weighted by Gasteiger charge is -2.30. The van der Waals surface area contributed by atoms with Gasteiger partial charge in [0.2, 0.25) is 12.7 Å². The third kappa shape index (κ3) is 4.44. The van der Waals surface area contributed by atoms with E-state index in [1.54, 1.807) is 18.2 Å². The van der Waals surface area contributed by atoms with Crippen LogP contribution in [0.3, 0.4) is 0 Å². The molecule has 1 saturated heterocycles. The predicted molar refractivity (Wildman–Crippen MR) is 114 cm³/mol. The van der Waals surface area contributed by atoms with E-state index in [-0.39, 0.29) is 25.0 Å². The molecule has 1 amide bonds. The van der Waals surface area contributed by atoms with Gasteiger partial charge >= 0.3 is 0 Å². The average molecular weight is 432 g/mol. The molecule has 0 unspecified atom stereocenters. The Morgan fingerprint density at radius 3 is 2.53 bits per heavy atom. The number of nitrogens with zero attached hydrogens (tertiary/aromatic N) is 1. The number of ether oxygens (including phenoxy) is 3. The maximum Gasteiger partial charge on any atom is 0.243 e. The summed E-state index contributed by atoms with van der Waals surface area (Å²) < 4.78 is 16.1. The highest BCUT2D eigenvalue weighted by Gasteiger charge is 2.21. The van der Waals surface area contributed by atoms with Crippen molar-refractivity contribution < 1.29 is 23.8 Å². The quantitative estimate of drug-likeness (QED) is 0.679. The molecule has 0 aromatic heterocycles. The second kappa shape index (κ2) is 8.81. The zero-order valence-electron chi connectivity index (χ0n) is 16.5. The van der Waals surface area contributed by atoms with Crippen molar-refractivity contribution in [3.8, 4) is 11.5 Å². The Morgan fingerprint density at radius 2 is 1.80 bits per heavy atom. The molecule has 2 aromatic carbocycles. The SMILES string of the molecule is CC(=O)c1cc2c(cc1NC(=O)CNc1cc(Cl)ccc1N1CCOCC1)OCO2. The highest BCUT2D eigenvalue weighted by Crippen LogP contribution is 2.37. The van der Waals surface area contributed by atoms with E-state index in [0.29, 0.717) is 41.0 Å². The molecule has 2 heterocycles. The van der Waals surface area contributed by atoms with E-state index in [1.807, 2.05) is 12.1 Å². The first kappa shape index (κ1) is 20.3. The Bertz CT molecular complexity index is 975. The Labute approximate surface area is 179 Å². The number of anilines is 3. The third-order valence-electron chi connectivity index (χ3n) is 4.92. The van der Waals surface area contributed by atoms with Gasteiger partial charge in [0.15, 0.2) is 17.3 Å². The average Bonchev–Trinajstić information content (AvgIpc) is 3.20. The minimum absolute atomic E-state index is 0.00344. The summed E-state index contributed by atoms with van der Waals surface area (Å²) in [6.45, 7) is 4.37. The number of carbonyl (C=O) groups is 2. The number of morpholine rings is 1. The molecule has 2 aliphatic heterocycles. The van der Waals surface area contributed by atoms with Crippen LogP contribution in [0.15, 0.2) is 30.3 Å². The van der Waals surface area contributed by atoms with Gasteiger partial charge in [-0.1, -0.05) is 11.6 Å². The Hall–Kier alpha value is -2.97. The van der Waals surface area contributed by atoms with Crippen molar-refractivity contribution >= 4 is 40.4 Å². The molecule has 0 bridgehead atoms. The molecule has 4 rings (SSSR count). The fourth-order valence-corrected chi connectivity index (χ4v) is 3.61. The summed E-state index contributed by atoms with van der Waals surface area (Å²) in [7, 11) is 0. The summed E-state index contributed by atoms with van der Waals surface area (Å²) in [4.78, 5) is 26.8. The molecule has 0 aliphatic carbocycles. The van der Waals surface area contributed by atoms with Crippen LogP contribution in [-0.4, -0.2) is 51.3 Å². The van der Waals surface area contributed by atoms with Crippen molar-refractivity contribution in [2.24, 2.45) is 0 Å². The van der Waals surface area contributed by atoms with E-state index in [9.17, 15) is 9.59 Å². The first-order valence-electron chi connectivity index (χ1n) is 9.62. The van der Waals surface area contributed by atoms with Crippen LogP contribution >= 0.6 is 11.6 Å². The van der Waals surface area contributed by atoms with Gasteiger partial charge in [0, 0.05) is 29.7 Å². The summed E-state index contributed by atoms with van der Waals surface area (Å²) in [5.41, 5.74) is 2.47. The fourth-order valence-electron chi connectivity index (χ4n) is 3.44. The fraction of sp³-hybridized carbons (Fsp3) is 0.333. The molecule has 30 heavy (non-hydrogen) atoms. The maximum atomic E-state index is 12.6. The van der Waals surface area contributed by atoms with Crippen LogP contribution in [0.4, 0.5) is 17.1 Å². The molecule has 9 heteroatoms. The van der Waals surface area contributed by atoms with Crippen molar-refractivity contribution in [3.63, 3.8) is 0 Å². The van der Waals surface area contributed by atoms with Crippen molar-refractivity contribution in [2.45, 2.75) is 6.92 Å². The van der Waals surface area contributed by atoms with Gasteiger partial charge < -0.3 is 29.7 Å². The smallest absolute Gasteiger partial charge is 0.243 e. The van der Waals surface area contributed by atoms with Gasteiger partial charge in [-0.25, -0.2) is 0 Å². The number of fused-ring (bicyclic) bond motifs is 1. The molecule has 0 saturated carbocycles. The topological polar surface area (TPSA) is 89.1 Å². The lowest BCUT2D eigenvalue weighted by Crippen LogP contribution is -2.36. The summed E-state index contributed by atoms with van der Waals surface area (Å²) in [5.74, 6) is 0.503. The summed E-state index contributed by atoms with van der Waals surface area (Å²) >= 11 is 6.16. The molecular weight excluding hydrogens is 410 g/mol. The van der Waals surface area contributed by atoms with Gasteiger partial charge in [-0.05, 0) is 31.2 Å². The number of Topliss-reactive ketones (excluding diaryl/α,β-unsaturated/α-hetero) is 1. The number of hydrogen-bond donors (Lipinski definition) is 2. The van der Waals surface area contributed by atoms with Crippen LogP contribution in [-0.2, 0) is 9.53 Å². The molecule has 2 aromatic rings. The van der Waals surface area contributed by atoms with Crippen molar-refractivity contribution in [3.05, 3.63) is 40.9 Å². The summed E-state index contributed by atoms with van der Waals surface area (Å²) in [5, 5.41) is 6.51. The van der Waals surface area contributed by atoms with E-state index in [0.717, 1.165) is 24.5 Å². The van der Waals surface area contributed by atoms with Crippen LogP contribution in [0.1, 0.15) is 17.3 Å². The number of rotatable bonds is 6. The van der Waals surface area contributed by atoms with Gasteiger partial charge in [-0.3, -0.25) is 9.59 Å². The minimum Gasteiger partial charge on any atom is -0.454 e. The van der Waals surface area contributed by atoms with Crippen molar-refractivity contribution in [2.75, 3.05) is 55.2 Å². The van der Waals surface area contributed by atoms with Gasteiger partial charge in [0.05, 0.1) is 36.8 Å². The van der Waals surface area contributed by atoms with E-state index in [4.69, 9.17) is 25.8 Å². The van der Waals surface area contributed by atoms with Crippen molar-refractivity contribution in [1.29, 1.82) is 0 Å². The van der Waals surface area contributed by atoms with Crippen LogP contribution in [0.2, 0.25) is 5.02 Å². The van der Waals surface area contributed by atoms with Gasteiger partial charge in [0.25, 0.3) is 0 Å². The van der Waals surface area contributed by atoms with Crippen LogP contribution in [0.25, 0.3) is 0 Å². The Kier molecular flexibility index (Phi) is 5.96. The molecule has 0 atom stereocenters. The van der Waals surface area contributed by atoms with Crippen LogP contribution < -0.4 is 25.0 Å². The first-order valence-corrected chi connectivity index (χ1v) is 9.99. The third-order valence-corrected chi connectivity index (χ3v) is 5.15. The highest BCUT2D eigenvalue weighted by atomic mass is 35.5. The normalized spacial score (nSPS) is 15.1. The number of halogens is 1. The molecule has 8 nitrogen and oxygen atoms in total. The van der Waals surface area contributed by atoms with Gasteiger partial charge in [-0.2, -0.15) is 0 Å². The molecule has 158 valence electrons. The first-order chi connectivity index (χ1) is 14.5. The number of benzene rings is 2. The van der Waals surface area contributed by atoms with E-state index in [1.165, 1.54) is 6.92 Å². The van der Waals surface area contributed by atoms with E-state index in [2.05, 4.69) is 15.5 Å². The second-order valence-electron chi connectivity index (χ2n) is 6.97. The standard InChI is InChI=1S/C21H22ClN3O5/c1-13(26)15-9-19-20(30-12-29-19)10-16(15)24-21(27)11-23-17-8-14(22)2-3-18(17)25-4-6-28-7-5-25/h2-3,8-10,23H,4-7,11-12H2,1H3,(H,24,27). The monoisotopic (exact) mass is 431 g/mol. The second-order valence-corrected chi connectivity index (χ2v) is 7.41. The Balaban J connectivity index is 1.47. The minimum atomic E-state index is -0.302. The van der Waals surface area contributed by atoms with Crippen LogP contribution in [0, 0.1) is 0 Å².